The SMILES string of the molecule is CONC(=O)C1CN(C(=O)COc2ccccc2F)C1. The molecule has 0 spiro atoms. The van der Waals surface area contributed by atoms with Crippen LogP contribution in [0.2, 0.25) is 0 Å². The third-order valence-electron chi connectivity index (χ3n) is 3.00. The first kappa shape index (κ1) is 14.3. The van der Waals surface area contributed by atoms with Crippen molar-refractivity contribution in [3.8, 4) is 5.75 Å². The van der Waals surface area contributed by atoms with Gasteiger partial charge >= 0.3 is 0 Å². The zero-order valence-electron chi connectivity index (χ0n) is 11.0. The number of ether oxygens (including phenoxy) is 1. The van der Waals surface area contributed by atoms with Crippen molar-refractivity contribution in [2.75, 3.05) is 26.8 Å². The normalized spacial score (nSPS) is 14.6. The van der Waals surface area contributed by atoms with Gasteiger partial charge in [0.05, 0.1) is 13.0 Å². The van der Waals surface area contributed by atoms with Crippen molar-refractivity contribution >= 4 is 11.8 Å². The van der Waals surface area contributed by atoms with E-state index in [1.807, 2.05) is 0 Å². The van der Waals surface area contributed by atoms with Crippen LogP contribution in [0, 0.1) is 11.7 Å². The van der Waals surface area contributed by atoms with Gasteiger partial charge in [0.2, 0.25) is 5.91 Å². The number of rotatable bonds is 5. The minimum absolute atomic E-state index is 0.0371. The minimum Gasteiger partial charge on any atom is -0.481 e. The molecule has 2 rings (SSSR count). The van der Waals surface area contributed by atoms with Crippen LogP contribution in [0.4, 0.5) is 4.39 Å². The fourth-order valence-electron chi connectivity index (χ4n) is 1.82. The lowest BCUT2D eigenvalue weighted by molar-refractivity contribution is -0.149. The highest BCUT2D eigenvalue weighted by Crippen LogP contribution is 2.18. The average molecular weight is 282 g/mol. The number of carbonyl (C=O) groups excluding carboxylic acids is 2. The zero-order valence-corrected chi connectivity index (χ0v) is 11.0. The number of para-hydroxylation sites is 1. The molecule has 1 heterocycles. The lowest BCUT2D eigenvalue weighted by Gasteiger charge is -2.37. The van der Waals surface area contributed by atoms with Crippen LogP contribution in [-0.4, -0.2) is 43.5 Å². The highest BCUT2D eigenvalue weighted by atomic mass is 19.1. The Morgan fingerprint density at radius 2 is 2.10 bits per heavy atom. The van der Waals surface area contributed by atoms with Crippen LogP contribution in [0.25, 0.3) is 0 Å². The fourth-order valence-corrected chi connectivity index (χ4v) is 1.82. The Bertz CT molecular complexity index is 503. The number of hydroxylamine groups is 1. The second-order valence-corrected chi connectivity index (χ2v) is 4.39. The molecule has 1 aliphatic heterocycles. The number of hydrogen-bond acceptors (Lipinski definition) is 4. The summed E-state index contributed by atoms with van der Waals surface area (Å²) in [6.45, 7) is 0.378. The number of nitrogens with one attached hydrogen (secondary N) is 1. The standard InChI is InChI=1S/C13H15FN2O4/c1-19-15-13(18)9-6-16(7-9)12(17)8-20-11-5-3-2-4-10(11)14/h2-5,9H,6-8H2,1H3,(H,15,18). The van der Waals surface area contributed by atoms with Gasteiger partial charge < -0.3 is 9.64 Å². The van der Waals surface area contributed by atoms with Gasteiger partial charge in [-0.3, -0.25) is 14.4 Å². The molecule has 6 nitrogen and oxygen atoms in total. The first-order valence-electron chi connectivity index (χ1n) is 6.09. The maximum atomic E-state index is 13.3. The van der Waals surface area contributed by atoms with Crippen LogP contribution < -0.4 is 10.2 Å². The number of likely N-dealkylation sites (tertiary alicyclic amines) is 1. The molecule has 1 N–H and O–H groups in total. The third-order valence-corrected chi connectivity index (χ3v) is 3.00. The minimum atomic E-state index is -0.513. The molecule has 1 aromatic rings. The molecule has 0 atom stereocenters. The zero-order chi connectivity index (χ0) is 14.5. The quantitative estimate of drug-likeness (QED) is 0.791. The Morgan fingerprint density at radius 3 is 2.75 bits per heavy atom. The van der Waals surface area contributed by atoms with E-state index in [0.29, 0.717) is 13.1 Å². The summed E-state index contributed by atoms with van der Waals surface area (Å²) in [7, 11) is 1.35. The van der Waals surface area contributed by atoms with E-state index in [2.05, 4.69) is 10.3 Å². The summed E-state index contributed by atoms with van der Waals surface area (Å²) >= 11 is 0. The van der Waals surface area contributed by atoms with E-state index >= 15 is 0 Å². The van der Waals surface area contributed by atoms with Crippen LogP contribution in [-0.2, 0) is 14.4 Å². The molecule has 7 heteroatoms. The topological polar surface area (TPSA) is 67.9 Å². The first-order chi connectivity index (χ1) is 9.61. The summed E-state index contributed by atoms with van der Waals surface area (Å²) < 4.78 is 18.4. The molecule has 1 saturated heterocycles. The molecular weight excluding hydrogens is 267 g/mol. The molecule has 1 fully saturated rings. The Morgan fingerprint density at radius 1 is 1.40 bits per heavy atom. The molecule has 1 aliphatic rings. The molecule has 1 aromatic carbocycles. The summed E-state index contributed by atoms with van der Waals surface area (Å²) in [5.41, 5.74) is 2.21. The molecular formula is C13H15FN2O4. The predicted octanol–water partition coefficient (Wildman–Crippen LogP) is 0.340. The van der Waals surface area contributed by atoms with Crippen LogP contribution >= 0.6 is 0 Å². The van der Waals surface area contributed by atoms with Crippen molar-refractivity contribution in [2.24, 2.45) is 5.92 Å². The van der Waals surface area contributed by atoms with Crippen molar-refractivity contribution in [2.45, 2.75) is 0 Å². The van der Waals surface area contributed by atoms with Crippen LogP contribution in [0.15, 0.2) is 24.3 Å². The molecule has 108 valence electrons. The average Bonchev–Trinajstić information content (AvgIpc) is 2.36. The summed E-state index contributed by atoms with van der Waals surface area (Å²) in [4.78, 5) is 29.1. The van der Waals surface area contributed by atoms with Crippen LogP contribution in [0.5, 0.6) is 5.75 Å². The molecule has 0 bridgehead atoms. The monoisotopic (exact) mass is 282 g/mol. The smallest absolute Gasteiger partial charge is 0.260 e. The van der Waals surface area contributed by atoms with Gasteiger partial charge in [-0.2, -0.15) is 0 Å². The Balaban J connectivity index is 1.75. The first-order valence-corrected chi connectivity index (χ1v) is 6.09. The fraction of sp³-hybridized carbons (Fsp3) is 0.385. The highest BCUT2D eigenvalue weighted by molar-refractivity contribution is 5.84. The number of benzene rings is 1. The lowest BCUT2D eigenvalue weighted by atomic mass is 10.00. The van der Waals surface area contributed by atoms with Gasteiger partial charge in [0.1, 0.15) is 0 Å². The van der Waals surface area contributed by atoms with Crippen LogP contribution in [0.3, 0.4) is 0 Å². The van der Waals surface area contributed by atoms with E-state index in [0.717, 1.165) is 0 Å². The molecule has 0 unspecified atom stereocenters. The van der Waals surface area contributed by atoms with E-state index in [9.17, 15) is 14.0 Å². The molecule has 0 radical (unpaired) electrons. The van der Waals surface area contributed by atoms with Crippen molar-refractivity contribution in [3.63, 3.8) is 0 Å². The van der Waals surface area contributed by atoms with Crippen molar-refractivity contribution in [3.05, 3.63) is 30.1 Å². The van der Waals surface area contributed by atoms with E-state index in [-0.39, 0.29) is 30.1 Å². The largest absolute Gasteiger partial charge is 0.481 e. The van der Waals surface area contributed by atoms with Gasteiger partial charge in [-0.1, -0.05) is 12.1 Å². The summed E-state index contributed by atoms with van der Waals surface area (Å²) in [5.74, 6) is -1.29. The van der Waals surface area contributed by atoms with Gasteiger partial charge in [-0.25, -0.2) is 9.87 Å². The molecule has 0 aromatic heterocycles. The molecule has 20 heavy (non-hydrogen) atoms. The van der Waals surface area contributed by atoms with Crippen molar-refractivity contribution in [1.82, 2.24) is 10.4 Å². The number of carbonyl (C=O) groups is 2. The summed E-state index contributed by atoms with van der Waals surface area (Å²) in [6, 6.07) is 5.87. The maximum absolute atomic E-state index is 13.3. The van der Waals surface area contributed by atoms with Gasteiger partial charge in [-0.05, 0) is 12.1 Å². The number of hydrogen-bond donors (Lipinski definition) is 1. The highest BCUT2D eigenvalue weighted by Gasteiger charge is 2.35. The number of halogens is 1. The van der Waals surface area contributed by atoms with Gasteiger partial charge in [-0.15, -0.1) is 0 Å². The predicted molar refractivity (Wildman–Crippen MR) is 67.1 cm³/mol. The number of amides is 2. The maximum Gasteiger partial charge on any atom is 0.260 e. The molecule has 0 saturated carbocycles. The Labute approximate surface area is 115 Å². The third kappa shape index (κ3) is 3.24. The lowest BCUT2D eigenvalue weighted by Crippen LogP contribution is -2.56. The Hall–Kier alpha value is -2.15. The van der Waals surface area contributed by atoms with E-state index < -0.39 is 5.82 Å². The number of nitrogens with zero attached hydrogens (tertiary/aromatic N) is 1. The van der Waals surface area contributed by atoms with Gasteiger partial charge in [0, 0.05) is 13.1 Å². The molecule has 2 amide bonds. The molecule has 0 aliphatic carbocycles. The van der Waals surface area contributed by atoms with Gasteiger partial charge in [0.25, 0.3) is 5.91 Å². The van der Waals surface area contributed by atoms with Crippen molar-refractivity contribution in [1.29, 1.82) is 0 Å². The van der Waals surface area contributed by atoms with E-state index in [1.54, 1.807) is 12.1 Å². The second-order valence-electron chi connectivity index (χ2n) is 4.39. The van der Waals surface area contributed by atoms with E-state index in [4.69, 9.17) is 4.74 Å². The van der Waals surface area contributed by atoms with E-state index in [1.165, 1.54) is 24.1 Å². The van der Waals surface area contributed by atoms with Crippen molar-refractivity contribution < 1.29 is 23.6 Å². The van der Waals surface area contributed by atoms with Gasteiger partial charge in [0.15, 0.2) is 18.2 Å². The summed E-state index contributed by atoms with van der Waals surface area (Å²) in [6.07, 6.45) is 0. The van der Waals surface area contributed by atoms with Crippen LogP contribution in [0.1, 0.15) is 0 Å². The Kier molecular flexibility index (Phi) is 4.52. The summed E-state index contributed by atoms with van der Waals surface area (Å²) in [5, 5.41) is 0. The second kappa shape index (κ2) is 6.33.